The molecular weight excluding hydrogens is 459 g/mol. The first kappa shape index (κ1) is 28.3. The maximum Gasteiger partial charge on any atom is 0.126 e. The Morgan fingerprint density at radius 1 is 0.730 bits per heavy atom. The lowest BCUT2D eigenvalue weighted by molar-refractivity contribution is 0.144. The van der Waals surface area contributed by atoms with E-state index in [4.69, 9.17) is 0 Å². The van der Waals surface area contributed by atoms with Crippen LogP contribution in [0.25, 0.3) is 0 Å². The molecule has 2 nitrogen and oxygen atoms in total. The molecule has 0 bridgehead atoms. The Morgan fingerprint density at radius 2 is 1.32 bits per heavy atom. The van der Waals surface area contributed by atoms with Crippen molar-refractivity contribution in [3.8, 4) is 0 Å². The van der Waals surface area contributed by atoms with E-state index in [1.165, 1.54) is 69.8 Å². The Morgan fingerprint density at radius 3 is 1.89 bits per heavy atom. The third kappa shape index (κ3) is 7.90. The maximum absolute atomic E-state index is 15.0. The highest BCUT2D eigenvalue weighted by atomic mass is 19.1. The molecule has 0 unspecified atom stereocenters. The summed E-state index contributed by atoms with van der Waals surface area (Å²) in [6.45, 7) is 2.23. The van der Waals surface area contributed by atoms with Crippen LogP contribution in [0, 0.1) is 23.6 Å². The van der Waals surface area contributed by atoms with Gasteiger partial charge in [0.25, 0.3) is 0 Å². The molecule has 0 saturated heterocycles. The second kappa shape index (κ2) is 14.4. The van der Waals surface area contributed by atoms with Crippen LogP contribution in [0.3, 0.4) is 0 Å². The van der Waals surface area contributed by atoms with Crippen molar-refractivity contribution in [2.75, 3.05) is 13.2 Å². The third-order valence-corrected chi connectivity index (χ3v) is 9.59. The fraction of sp³-hybridized carbons (Fsp3) is 0.647. The van der Waals surface area contributed by atoms with Crippen molar-refractivity contribution in [1.29, 1.82) is 0 Å². The molecule has 0 aliphatic heterocycles. The molecule has 2 fully saturated rings. The number of aliphatic hydroxyl groups is 2. The number of aliphatic hydroxyl groups excluding tert-OH is 2. The molecule has 2 aliphatic rings. The van der Waals surface area contributed by atoms with Gasteiger partial charge in [0.15, 0.2) is 0 Å². The van der Waals surface area contributed by atoms with Crippen LogP contribution in [-0.4, -0.2) is 23.4 Å². The zero-order chi connectivity index (χ0) is 26.0. The number of hydrogen-bond donors (Lipinski definition) is 2. The minimum absolute atomic E-state index is 0.0196. The van der Waals surface area contributed by atoms with Gasteiger partial charge in [0.1, 0.15) is 5.82 Å². The van der Waals surface area contributed by atoms with Gasteiger partial charge in [-0.25, -0.2) is 4.39 Å². The average molecular weight is 509 g/mol. The van der Waals surface area contributed by atoms with E-state index in [-0.39, 0.29) is 24.9 Å². The van der Waals surface area contributed by atoms with Crippen LogP contribution >= 0.6 is 0 Å². The topological polar surface area (TPSA) is 40.5 Å². The molecule has 3 heteroatoms. The van der Waals surface area contributed by atoms with E-state index >= 15 is 0 Å². The summed E-state index contributed by atoms with van der Waals surface area (Å²) in [5.41, 5.74) is 4.89. The number of hydrogen-bond acceptors (Lipinski definition) is 2. The molecule has 2 N–H and O–H groups in total. The molecule has 0 heterocycles. The standard InChI is InChI=1S/C34H49FO2/c1-2-3-4-5-25-8-11-28(12-9-25)29-13-15-30(16-14-29)31-17-19-32(20-18-31)33-21-10-26(22-34(33)35)6-7-27(23-36)24-37/h8-12,21-22,27,29-32,36-37H,2-7,13-20,23-24H2,1H3. The minimum Gasteiger partial charge on any atom is -0.396 e. The molecule has 0 spiro atoms. The van der Waals surface area contributed by atoms with Gasteiger partial charge in [0.05, 0.1) is 0 Å². The normalized spacial score (nSPS) is 24.5. The van der Waals surface area contributed by atoms with Crippen LogP contribution in [0.2, 0.25) is 0 Å². The van der Waals surface area contributed by atoms with E-state index in [1.807, 2.05) is 6.07 Å². The highest BCUT2D eigenvalue weighted by Crippen LogP contribution is 2.46. The van der Waals surface area contributed by atoms with Gasteiger partial charge in [0.2, 0.25) is 0 Å². The first-order valence-corrected chi connectivity index (χ1v) is 15.2. The summed E-state index contributed by atoms with van der Waals surface area (Å²) >= 11 is 0. The summed E-state index contributed by atoms with van der Waals surface area (Å²) in [6.07, 6.45) is 16.6. The van der Waals surface area contributed by atoms with Crippen LogP contribution in [0.5, 0.6) is 0 Å². The first-order valence-electron chi connectivity index (χ1n) is 15.2. The number of halogens is 1. The zero-order valence-corrected chi connectivity index (χ0v) is 23.0. The highest BCUT2D eigenvalue weighted by molar-refractivity contribution is 5.28. The van der Waals surface area contributed by atoms with E-state index in [2.05, 4.69) is 37.3 Å². The van der Waals surface area contributed by atoms with E-state index in [9.17, 15) is 14.6 Å². The maximum atomic E-state index is 15.0. The van der Waals surface area contributed by atoms with Crippen molar-refractivity contribution in [3.05, 3.63) is 70.5 Å². The molecule has 2 aliphatic carbocycles. The van der Waals surface area contributed by atoms with Gasteiger partial charge < -0.3 is 10.2 Å². The Labute approximate surface area is 224 Å². The molecule has 2 saturated carbocycles. The lowest BCUT2D eigenvalue weighted by Crippen LogP contribution is -2.25. The van der Waals surface area contributed by atoms with Crippen molar-refractivity contribution < 1.29 is 14.6 Å². The predicted octanol–water partition coefficient (Wildman–Crippen LogP) is 8.34. The largest absolute Gasteiger partial charge is 0.396 e. The summed E-state index contributed by atoms with van der Waals surface area (Å²) < 4.78 is 15.0. The second-order valence-electron chi connectivity index (χ2n) is 12.0. The van der Waals surface area contributed by atoms with E-state index in [1.54, 1.807) is 11.6 Å². The van der Waals surface area contributed by atoms with Crippen molar-refractivity contribution in [2.45, 2.75) is 109 Å². The average Bonchev–Trinajstić information content (AvgIpc) is 2.94. The molecule has 0 aromatic heterocycles. The van der Waals surface area contributed by atoms with Crippen molar-refractivity contribution in [2.24, 2.45) is 17.8 Å². The minimum atomic E-state index is -0.117. The Balaban J connectivity index is 1.21. The Kier molecular flexibility index (Phi) is 11.0. The lowest BCUT2D eigenvalue weighted by atomic mass is 9.67. The van der Waals surface area contributed by atoms with Crippen molar-refractivity contribution in [3.63, 3.8) is 0 Å². The molecule has 2 aromatic rings. The van der Waals surface area contributed by atoms with Crippen LogP contribution < -0.4 is 0 Å². The van der Waals surface area contributed by atoms with Crippen molar-refractivity contribution in [1.82, 2.24) is 0 Å². The fourth-order valence-electron chi connectivity index (χ4n) is 7.03. The molecule has 4 rings (SSSR count). The van der Waals surface area contributed by atoms with E-state index < -0.39 is 0 Å². The predicted molar refractivity (Wildman–Crippen MR) is 151 cm³/mol. The quantitative estimate of drug-likeness (QED) is 0.283. The number of unbranched alkanes of at least 4 members (excludes halogenated alkanes) is 2. The summed E-state index contributed by atoms with van der Waals surface area (Å²) in [7, 11) is 0. The Bertz CT molecular complexity index is 919. The molecule has 0 amide bonds. The van der Waals surface area contributed by atoms with Gasteiger partial charge in [0, 0.05) is 19.1 Å². The third-order valence-electron chi connectivity index (χ3n) is 9.59. The molecular formula is C34H49FO2. The number of rotatable bonds is 12. The van der Waals surface area contributed by atoms with Crippen LogP contribution in [0.4, 0.5) is 4.39 Å². The SMILES string of the molecule is CCCCCc1ccc(C2CCC(C3CCC(c4ccc(CCC(CO)CO)cc4F)CC3)CC2)cc1. The summed E-state index contributed by atoms with van der Waals surface area (Å²) in [4.78, 5) is 0. The number of benzene rings is 2. The highest BCUT2D eigenvalue weighted by Gasteiger charge is 2.32. The van der Waals surface area contributed by atoms with Gasteiger partial charge in [-0.2, -0.15) is 0 Å². The zero-order valence-electron chi connectivity index (χ0n) is 23.0. The molecule has 2 aromatic carbocycles. The van der Waals surface area contributed by atoms with Gasteiger partial charge in [-0.1, -0.05) is 56.2 Å². The summed E-state index contributed by atoms with van der Waals surface area (Å²) in [5.74, 6) is 2.56. The monoisotopic (exact) mass is 508 g/mol. The van der Waals surface area contributed by atoms with Crippen molar-refractivity contribution >= 4 is 0 Å². The lowest BCUT2D eigenvalue weighted by Gasteiger charge is -2.38. The second-order valence-corrected chi connectivity index (χ2v) is 12.0. The van der Waals surface area contributed by atoms with E-state index in [0.717, 1.165) is 41.7 Å². The molecule has 0 atom stereocenters. The van der Waals surface area contributed by atoms with Crippen LogP contribution in [-0.2, 0) is 12.8 Å². The summed E-state index contributed by atoms with van der Waals surface area (Å²) in [6, 6.07) is 15.3. The molecule has 0 radical (unpaired) electrons. The molecule has 37 heavy (non-hydrogen) atoms. The van der Waals surface area contributed by atoms with E-state index in [0.29, 0.717) is 18.8 Å². The Hall–Kier alpha value is -1.71. The van der Waals surface area contributed by atoms with Gasteiger partial charge in [-0.3, -0.25) is 0 Å². The van der Waals surface area contributed by atoms with Crippen LogP contribution in [0.15, 0.2) is 42.5 Å². The number of aryl methyl sites for hydroxylation is 2. The summed E-state index contributed by atoms with van der Waals surface area (Å²) in [5, 5.41) is 18.5. The fourth-order valence-corrected chi connectivity index (χ4v) is 7.03. The van der Waals surface area contributed by atoms with Gasteiger partial charge in [-0.15, -0.1) is 0 Å². The van der Waals surface area contributed by atoms with Gasteiger partial charge >= 0.3 is 0 Å². The molecule has 204 valence electrons. The van der Waals surface area contributed by atoms with Gasteiger partial charge in [-0.05, 0) is 129 Å². The smallest absolute Gasteiger partial charge is 0.126 e. The van der Waals surface area contributed by atoms with Crippen LogP contribution in [0.1, 0.15) is 118 Å². The first-order chi connectivity index (χ1) is 18.1.